The lowest BCUT2D eigenvalue weighted by Crippen LogP contribution is -2.51. The van der Waals surface area contributed by atoms with Crippen LogP contribution in [0.3, 0.4) is 0 Å². The number of nitrogens with one attached hydrogen (secondary N) is 3. The number of aromatic amines is 1. The van der Waals surface area contributed by atoms with Gasteiger partial charge in [0.2, 0.25) is 11.8 Å². The smallest absolute Gasteiger partial charge is 0.270 e. The Morgan fingerprint density at radius 3 is 2.84 bits per heavy atom. The van der Waals surface area contributed by atoms with E-state index in [9.17, 15) is 14.4 Å². The summed E-state index contributed by atoms with van der Waals surface area (Å²) in [4.78, 5) is 48.0. The number of imidazole rings is 1. The molecule has 1 atom stereocenters. The maximum absolute atomic E-state index is 13.1. The normalized spacial score (nSPS) is 17.7. The van der Waals surface area contributed by atoms with Gasteiger partial charge >= 0.3 is 0 Å². The Morgan fingerprint density at radius 2 is 2.05 bits per heavy atom. The number of carbonyl (C=O) groups excluding carboxylic acids is 3. The van der Waals surface area contributed by atoms with E-state index in [1.807, 2.05) is 48.9 Å². The first-order valence-corrected chi connectivity index (χ1v) is 12.6. The first kappa shape index (κ1) is 26.0. The molecule has 1 aliphatic heterocycles. The predicted molar refractivity (Wildman–Crippen MR) is 139 cm³/mol. The minimum atomic E-state index is -0.698. The summed E-state index contributed by atoms with van der Waals surface area (Å²) in [5.41, 5.74) is 1.30. The Labute approximate surface area is 216 Å². The number of fused-ring (bicyclic) bond motifs is 4. The second-order valence-corrected chi connectivity index (χ2v) is 9.53. The van der Waals surface area contributed by atoms with Crippen molar-refractivity contribution >= 4 is 17.7 Å². The molecule has 1 aromatic carbocycles. The first-order chi connectivity index (χ1) is 17.9. The highest BCUT2D eigenvalue weighted by atomic mass is 16.5. The molecule has 2 aromatic heterocycles. The van der Waals surface area contributed by atoms with Crippen molar-refractivity contribution in [2.75, 3.05) is 26.2 Å². The quantitative estimate of drug-likeness (QED) is 0.504. The highest BCUT2D eigenvalue weighted by Crippen LogP contribution is 2.23. The van der Waals surface area contributed by atoms with Crippen molar-refractivity contribution in [3.8, 4) is 17.1 Å². The number of benzene rings is 1. The van der Waals surface area contributed by atoms with E-state index in [2.05, 4.69) is 20.6 Å². The fourth-order valence-corrected chi connectivity index (χ4v) is 4.35. The Morgan fingerprint density at radius 1 is 1.19 bits per heavy atom. The lowest BCUT2D eigenvalue weighted by atomic mass is 10.0. The van der Waals surface area contributed by atoms with Crippen LogP contribution in [0.25, 0.3) is 11.4 Å². The summed E-state index contributed by atoms with van der Waals surface area (Å²) >= 11 is 0. The van der Waals surface area contributed by atoms with Crippen molar-refractivity contribution in [1.29, 1.82) is 0 Å². The van der Waals surface area contributed by atoms with Gasteiger partial charge in [-0.3, -0.25) is 14.4 Å². The summed E-state index contributed by atoms with van der Waals surface area (Å²) in [7, 11) is 0. The molecule has 0 aliphatic carbocycles. The van der Waals surface area contributed by atoms with Gasteiger partial charge < -0.3 is 29.8 Å². The molecular weight excluding hydrogens is 472 g/mol. The zero-order chi connectivity index (χ0) is 26.2. The summed E-state index contributed by atoms with van der Waals surface area (Å²) in [5, 5.41) is 5.79. The van der Waals surface area contributed by atoms with Gasteiger partial charge in [-0.25, -0.2) is 4.98 Å². The molecule has 0 radical (unpaired) electrons. The topological polar surface area (TPSA) is 121 Å². The van der Waals surface area contributed by atoms with Gasteiger partial charge in [-0.05, 0) is 43.0 Å². The van der Waals surface area contributed by atoms with Crippen LogP contribution in [0.5, 0.6) is 5.75 Å². The average Bonchev–Trinajstić information content (AvgIpc) is 3.57. The van der Waals surface area contributed by atoms with Crippen LogP contribution in [0.4, 0.5) is 0 Å². The molecule has 3 amide bonds. The number of carbonyl (C=O) groups is 3. The molecule has 3 N–H and O–H groups in total. The minimum Gasteiger partial charge on any atom is -0.494 e. The molecule has 10 nitrogen and oxygen atoms in total. The first-order valence-electron chi connectivity index (χ1n) is 12.6. The maximum Gasteiger partial charge on any atom is 0.270 e. The van der Waals surface area contributed by atoms with Crippen LogP contribution in [0.15, 0.2) is 55.0 Å². The van der Waals surface area contributed by atoms with E-state index in [1.54, 1.807) is 24.5 Å². The lowest BCUT2D eigenvalue weighted by molar-refractivity contribution is -0.129. The number of amides is 3. The summed E-state index contributed by atoms with van der Waals surface area (Å²) in [6.45, 7) is 5.42. The van der Waals surface area contributed by atoms with Crippen molar-refractivity contribution in [3.05, 3.63) is 60.7 Å². The second kappa shape index (κ2) is 12.2. The van der Waals surface area contributed by atoms with Crippen LogP contribution in [0, 0.1) is 5.92 Å². The maximum atomic E-state index is 13.1. The lowest BCUT2D eigenvalue weighted by Gasteiger charge is -2.25. The molecule has 2 bridgehead atoms. The van der Waals surface area contributed by atoms with Gasteiger partial charge in [-0.15, -0.1) is 0 Å². The van der Waals surface area contributed by atoms with E-state index < -0.39 is 6.04 Å². The van der Waals surface area contributed by atoms with Gasteiger partial charge in [-0.2, -0.15) is 0 Å². The Bertz CT molecular complexity index is 1200. The van der Waals surface area contributed by atoms with Gasteiger partial charge in [0.1, 0.15) is 23.3 Å². The van der Waals surface area contributed by atoms with Crippen molar-refractivity contribution < 1.29 is 19.1 Å². The summed E-state index contributed by atoms with van der Waals surface area (Å²) < 4.78 is 7.94. The van der Waals surface area contributed by atoms with E-state index in [0.717, 1.165) is 11.4 Å². The highest BCUT2D eigenvalue weighted by molar-refractivity contribution is 5.96. The van der Waals surface area contributed by atoms with Gasteiger partial charge in [0, 0.05) is 43.8 Å². The largest absolute Gasteiger partial charge is 0.494 e. The number of rotatable bonds is 3. The monoisotopic (exact) mass is 506 g/mol. The number of hydrogen-bond donors (Lipinski definition) is 3. The molecule has 10 heteroatoms. The van der Waals surface area contributed by atoms with Crippen LogP contribution in [-0.4, -0.2) is 69.4 Å². The third-order valence-corrected chi connectivity index (χ3v) is 6.11. The van der Waals surface area contributed by atoms with Gasteiger partial charge in [0.05, 0.1) is 13.2 Å². The molecule has 0 spiro atoms. The molecule has 0 unspecified atom stereocenters. The van der Waals surface area contributed by atoms with Crippen LogP contribution >= 0.6 is 0 Å². The fourth-order valence-electron chi connectivity index (χ4n) is 4.35. The predicted octanol–water partition coefficient (Wildman–Crippen LogP) is 2.45. The molecule has 196 valence electrons. The van der Waals surface area contributed by atoms with E-state index in [1.165, 1.54) is 4.90 Å². The number of nitrogens with zero attached hydrogens (tertiary/aromatic N) is 3. The van der Waals surface area contributed by atoms with Crippen molar-refractivity contribution in [2.24, 2.45) is 5.92 Å². The highest BCUT2D eigenvalue weighted by Gasteiger charge is 2.25. The number of ether oxygens (including phenoxy) is 1. The summed E-state index contributed by atoms with van der Waals surface area (Å²) in [6.07, 6.45) is 6.27. The zero-order valence-corrected chi connectivity index (χ0v) is 21.3. The molecule has 0 fully saturated rings. The number of aromatic nitrogens is 3. The van der Waals surface area contributed by atoms with Gasteiger partial charge in [0.25, 0.3) is 5.91 Å². The zero-order valence-electron chi connectivity index (χ0n) is 21.3. The van der Waals surface area contributed by atoms with Gasteiger partial charge in [-0.1, -0.05) is 26.0 Å². The Hall–Kier alpha value is -4.08. The second-order valence-electron chi connectivity index (χ2n) is 9.53. The molecule has 3 heterocycles. The standard InChI is InChI=1S/C27H34N6O4/c1-19(2)16-23-26(35)30-11-14-32-13-10-29-25(32)20-6-3-7-21(17-20)37-15-5-12-33(18-24(34)31-23)27(36)22-8-4-9-28-22/h3-4,6-10,13,17,19,23,28H,5,11-12,14-16,18H2,1-2H3,(H,30,35)(H,31,34)/t23-/m1/s1. The van der Waals surface area contributed by atoms with Crippen molar-refractivity contribution in [3.63, 3.8) is 0 Å². The Kier molecular flexibility index (Phi) is 8.60. The number of H-pyrrole nitrogens is 1. The summed E-state index contributed by atoms with van der Waals surface area (Å²) in [6, 6.07) is 10.4. The van der Waals surface area contributed by atoms with E-state index in [4.69, 9.17) is 4.74 Å². The molecule has 0 saturated heterocycles. The van der Waals surface area contributed by atoms with E-state index >= 15 is 0 Å². The van der Waals surface area contributed by atoms with Crippen LogP contribution in [0.1, 0.15) is 37.2 Å². The van der Waals surface area contributed by atoms with Crippen LogP contribution in [0.2, 0.25) is 0 Å². The molecule has 3 aromatic rings. The molecule has 37 heavy (non-hydrogen) atoms. The Balaban J connectivity index is 1.57. The molecule has 4 rings (SSSR count). The molecule has 1 aliphatic rings. The third kappa shape index (κ3) is 6.99. The van der Waals surface area contributed by atoms with E-state index in [0.29, 0.717) is 50.5 Å². The number of hydrogen-bond acceptors (Lipinski definition) is 5. The van der Waals surface area contributed by atoms with Crippen molar-refractivity contribution in [2.45, 2.75) is 39.3 Å². The van der Waals surface area contributed by atoms with E-state index in [-0.39, 0.29) is 30.2 Å². The third-order valence-electron chi connectivity index (χ3n) is 6.11. The van der Waals surface area contributed by atoms with Gasteiger partial charge in [0.15, 0.2) is 0 Å². The SMILES string of the molecule is CC(C)C[C@H]1NC(=O)CN(C(=O)c2ccc[nH]2)CCCOc2cccc(c2)-c2nccn2CCNC1=O. The average molecular weight is 507 g/mol. The fraction of sp³-hybridized carbons (Fsp3) is 0.407. The van der Waals surface area contributed by atoms with Crippen LogP contribution < -0.4 is 15.4 Å². The van der Waals surface area contributed by atoms with Crippen molar-refractivity contribution in [1.82, 2.24) is 30.1 Å². The minimum absolute atomic E-state index is 0.159. The molecular formula is C27H34N6O4. The summed E-state index contributed by atoms with van der Waals surface area (Å²) in [5.74, 6) is 0.742. The molecule has 0 saturated carbocycles. The van der Waals surface area contributed by atoms with Crippen LogP contribution in [-0.2, 0) is 16.1 Å².